The zero-order valence-electron chi connectivity index (χ0n) is 7.97. The molecule has 0 aliphatic carbocycles. The van der Waals surface area contributed by atoms with E-state index in [0.29, 0.717) is 5.88 Å². The predicted molar refractivity (Wildman–Crippen MR) is 57.7 cm³/mol. The third-order valence-electron chi connectivity index (χ3n) is 1.67. The fraction of sp³-hybridized carbons (Fsp3) is 0.333. The predicted octanol–water partition coefficient (Wildman–Crippen LogP) is 2.08. The first kappa shape index (κ1) is 12.7. The van der Waals surface area contributed by atoms with Crippen LogP contribution in [0.5, 0.6) is 0 Å². The van der Waals surface area contributed by atoms with Crippen LogP contribution in [0.25, 0.3) is 0 Å². The Morgan fingerprint density at radius 1 is 1.33 bits per heavy atom. The van der Waals surface area contributed by atoms with Gasteiger partial charge in [0.1, 0.15) is 6.35 Å². The molecule has 0 spiro atoms. The topological polar surface area (TPSA) is 66.8 Å². The van der Waals surface area contributed by atoms with Crippen molar-refractivity contribution in [3.8, 4) is 0 Å². The van der Waals surface area contributed by atoms with Crippen molar-refractivity contribution in [3.05, 3.63) is 35.4 Å². The lowest BCUT2D eigenvalue weighted by Crippen LogP contribution is -1.96. The summed E-state index contributed by atoms with van der Waals surface area (Å²) in [5, 5.41) is 0. The molecule has 0 aliphatic rings. The number of rotatable bonds is 5. The first-order valence-corrected chi connectivity index (χ1v) is 6.60. The van der Waals surface area contributed by atoms with Gasteiger partial charge in [-0.1, -0.05) is 24.3 Å². The Morgan fingerprint density at radius 3 is 2.60 bits per heavy atom. The maximum absolute atomic E-state index is 10.5. The minimum Gasteiger partial charge on any atom is -0.364 e. The molecule has 0 heterocycles. The summed E-state index contributed by atoms with van der Waals surface area (Å²) >= 11 is 5.64. The molecule has 0 amide bonds. The Hall–Kier alpha value is -0.380. The summed E-state index contributed by atoms with van der Waals surface area (Å²) in [6, 6.07) is 7.36. The summed E-state index contributed by atoms with van der Waals surface area (Å²) in [6.07, 6.45) is -0.557. The van der Waals surface area contributed by atoms with E-state index in [4.69, 9.17) is 26.1 Å². The van der Waals surface area contributed by atoms with Gasteiger partial charge in [0.15, 0.2) is 0 Å². The van der Waals surface area contributed by atoms with E-state index in [1.165, 1.54) is 0 Å². The lowest BCUT2D eigenvalue weighted by molar-refractivity contribution is 0.144. The zero-order chi connectivity index (χ0) is 11.3. The molecule has 1 rings (SSSR count). The SMILES string of the molecule is O=P(O)(O)COCc1cccc(CCl)c1. The number of alkyl halides is 1. The Bertz CT molecular complexity index is 363. The second-order valence-corrected chi connectivity index (χ2v) is 4.95. The molecule has 0 saturated carbocycles. The fourth-order valence-electron chi connectivity index (χ4n) is 1.08. The van der Waals surface area contributed by atoms with E-state index < -0.39 is 13.9 Å². The lowest BCUT2D eigenvalue weighted by Gasteiger charge is -2.06. The van der Waals surface area contributed by atoms with Crippen LogP contribution in [0.15, 0.2) is 24.3 Å². The second-order valence-electron chi connectivity index (χ2n) is 3.10. The summed E-state index contributed by atoms with van der Waals surface area (Å²) < 4.78 is 15.4. The average molecular weight is 251 g/mol. The molecular weight excluding hydrogens is 239 g/mol. The molecule has 0 unspecified atom stereocenters. The average Bonchev–Trinajstić information content (AvgIpc) is 2.16. The molecule has 0 aromatic heterocycles. The lowest BCUT2D eigenvalue weighted by atomic mass is 10.1. The molecule has 0 atom stereocenters. The normalized spacial score (nSPS) is 11.7. The first-order chi connectivity index (χ1) is 7.01. The molecule has 0 saturated heterocycles. The van der Waals surface area contributed by atoms with Gasteiger partial charge in [0.25, 0.3) is 0 Å². The zero-order valence-corrected chi connectivity index (χ0v) is 9.62. The van der Waals surface area contributed by atoms with Crippen LogP contribution >= 0.6 is 19.2 Å². The Morgan fingerprint density at radius 2 is 2.00 bits per heavy atom. The van der Waals surface area contributed by atoms with Crippen molar-refractivity contribution in [2.24, 2.45) is 0 Å². The molecule has 0 radical (unpaired) electrons. The third kappa shape index (κ3) is 5.30. The van der Waals surface area contributed by atoms with Crippen molar-refractivity contribution in [1.29, 1.82) is 0 Å². The van der Waals surface area contributed by atoms with E-state index in [1.54, 1.807) is 0 Å². The highest BCUT2D eigenvalue weighted by Gasteiger charge is 2.12. The van der Waals surface area contributed by atoms with Gasteiger partial charge < -0.3 is 14.5 Å². The van der Waals surface area contributed by atoms with Gasteiger partial charge in [-0.25, -0.2) is 0 Å². The van der Waals surface area contributed by atoms with Crippen LogP contribution < -0.4 is 0 Å². The van der Waals surface area contributed by atoms with Crippen molar-refractivity contribution >= 4 is 19.2 Å². The molecule has 84 valence electrons. The third-order valence-corrected chi connectivity index (χ3v) is 2.50. The number of ether oxygens (including phenoxy) is 1. The summed E-state index contributed by atoms with van der Waals surface area (Å²) in [5.41, 5.74) is 1.80. The van der Waals surface area contributed by atoms with Crippen LogP contribution in [-0.2, 0) is 21.8 Å². The maximum Gasteiger partial charge on any atom is 0.350 e. The van der Waals surface area contributed by atoms with E-state index in [1.807, 2.05) is 24.3 Å². The molecule has 1 aromatic carbocycles. The van der Waals surface area contributed by atoms with E-state index >= 15 is 0 Å². The summed E-state index contributed by atoms with van der Waals surface area (Å²) in [5.74, 6) is 0.409. The van der Waals surface area contributed by atoms with Gasteiger partial charge in [-0.3, -0.25) is 4.57 Å². The number of halogens is 1. The largest absolute Gasteiger partial charge is 0.364 e. The molecule has 1 aromatic rings. The molecular formula is C9H12ClO4P. The van der Waals surface area contributed by atoms with Crippen LogP contribution in [0.4, 0.5) is 0 Å². The summed E-state index contributed by atoms with van der Waals surface area (Å²) in [7, 11) is -4.07. The van der Waals surface area contributed by atoms with E-state index in [9.17, 15) is 4.57 Å². The van der Waals surface area contributed by atoms with E-state index in [-0.39, 0.29) is 6.61 Å². The molecule has 15 heavy (non-hydrogen) atoms. The number of hydrogen-bond donors (Lipinski definition) is 2. The van der Waals surface area contributed by atoms with E-state index in [0.717, 1.165) is 11.1 Å². The van der Waals surface area contributed by atoms with Crippen LogP contribution in [-0.4, -0.2) is 16.1 Å². The minimum absolute atomic E-state index is 0.176. The van der Waals surface area contributed by atoms with Gasteiger partial charge in [0.05, 0.1) is 6.61 Å². The highest BCUT2D eigenvalue weighted by Crippen LogP contribution is 2.34. The molecule has 4 nitrogen and oxygen atoms in total. The molecule has 0 bridgehead atoms. The van der Waals surface area contributed by atoms with Crippen molar-refractivity contribution in [1.82, 2.24) is 0 Å². The number of benzene rings is 1. The summed E-state index contributed by atoms with van der Waals surface area (Å²) in [6.45, 7) is 0.176. The molecule has 0 fully saturated rings. The van der Waals surface area contributed by atoms with Gasteiger partial charge >= 0.3 is 7.60 Å². The quantitative estimate of drug-likeness (QED) is 0.620. The first-order valence-electron chi connectivity index (χ1n) is 4.27. The minimum atomic E-state index is -4.07. The molecule has 0 aliphatic heterocycles. The highest BCUT2D eigenvalue weighted by molar-refractivity contribution is 7.51. The highest BCUT2D eigenvalue weighted by atomic mass is 35.5. The van der Waals surface area contributed by atoms with Crippen LogP contribution in [0, 0.1) is 0 Å². The van der Waals surface area contributed by atoms with Crippen molar-refractivity contribution in [2.45, 2.75) is 12.5 Å². The molecule has 2 N–H and O–H groups in total. The summed E-state index contributed by atoms with van der Waals surface area (Å²) in [4.78, 5) is 17.1. The maximum atomic E-state index is 10.5. The smallest absolute Gasteiger partial charge is 0.350 e. The standard InChI is InChI=1S/C9H12ClO4P/c10-5-8-2-1-3-9(4-8)6-14-7-15(11,12)13/h1-4H,5-7H2,(H2,11,12,13). The van der Waals surface area contributed by atoms with Crippen molar-refractivity contribution in [2.75, 3.05) is 6.35 Å². The van der Waals surface area contributed by atoms with Crippen LogP contribution in [0.2, 0.25) is 0 Å². The monoisotopic (exact) mass is 250 g/mol. The van der Waals surface area contributed by atoms with Gasteiger partial charge in [0.2, 0.25) is 0 Å². The number of hydrogen-bond acceptors (Lipinski definition) is 2. The van der Waals surface area contributed by atoms with Gasteiger partial charge in [-0.05, 0) is 11.1 Å². The van der Waals surface area contributed by atoms with Crippen molar-refractivity contribution < 1.29 is 19.1 Å². The van der Waals surface area contributed by atoms with Crippen molar-refractivity contribution in [3.63, 3.8) is 0 Å². The fourth-order valence-corrected chi connectivity index (χ4v) is 1.58. The van der Waals surface area contributed by atoms with Gasteiger partial charge in [-0.2, -0.15) is 0 Å². The Labute approximate surface area is 93.0 Å². The molecule has 6 heteroatoms. The van der Waals surface area contributed by atoms with Crippen LogP contribution in [0.3, 0.4) is 0 Å². The van der Waals surface area contributed by atoms with Crippen LogP contribution in [0.1, 0.15) is 11.1 Å². The van der Waals surface area contributed by atoms with Gasteiger partial charge in [-0.15, -0.1) is 11.6 Å². The van der Waals surface area contributed by atoms with Gasteiger partial charge in [0, 0.05) is 5.88 Å². The Kier molecular flexibility index (Phi) is 4.77. The second kappa shape index (κ2) is 5.64. The Balaban J connectivity index is 2.47. The van der Waals surface area contributed by atoms with E-state index in [2.05, 4.69) is 0 Å².